The highest BCUT2D eigenvalue weighted by Crippen LogP contribution is 2.12. The highest BCUT2D eigenvalue weighted by Gasteiger charge is 2.15. The molecule has 0 atom stereocenters. The van der Waals surface area contributed by atoms with E-state index in [-0.39, 0.29) is 12.4 Å². The van der Waals surface area contributed by atoms with E-state index in [0.29, 0.717) is 0 Å². The number of imidazole rings is 1. The van der Waals surface area contributed by atoms with Crippen LogP contribution in [0.1, 0.15) is 12.7 Å². The molecular formula is C12H15ClN2. The van der Waals surface area contributed by atoms with Gasteiger partial charge in [0.1, 0.15) is 0 Å². The number of nitrogens with zero attached hydrogens (tertiary/aromatic N) is 2. The van der Waals surface area contributed by atoms with Crippen molar-refractivity contribution in [3.05, 3.63) is 36.2 Å². The van der Waals surface area contributed by atoms with Crippen LogP contribution in [0.15, 0.2) is 30.3 Å². The SMILES string of the molecule is C/C=C/c1n(C)c2ccccc2[n+]1C.[Cl-]. The summed E-state index contributed by atoms with van der Waals surface area (Å²) >= 11 is 0. The lowest BCUT2D eigenvalue weighted by Crippen LogP contribution is -3.00. The minimum atomic E-state index is 0. The van der Waals surface area contributed by atoms with Crippen LogP contribution in [0, 0.1) is 0 Å². The molecule has 0 N–H and O–H groups in total. The molecule has 0 unspecified atom stereocenters. The molecule has 0 aliphatic heterocycles. The zero-order valence-corrected chi connectivity index (χ0v) is 9.99. The Hall–Kier alpha value is -1.28. The van der Waals surface area contributed by atoms with Crippen molar-refractivity contribution in [1.29, 1.82) is 0 Å². The first-order chi connectivity index (χ1) is 6.75. The molecule has 1 heterocycles. The molecule has 0 bridgehead atoms. The van der Waals surface area contributed by atoms with Gasteiger partial charge in [-0.2, -0.15) is 0 Å². The topological polar surface area (TPSA) is 8.81 Å². The standard InChI is InChI=1S/C12H15N2.ClH/c1-4-7-12-13(2)10-8-5-6-9-11(10)14(12)3;/h4-9H,1-3H3;1H/q+1;/p-1/b7-4+;. The van der Waals surface area contributed by atoms with Crippen molar-refractivity contribution in [2.75, 3.05) is 0 Å². The first-order valence-electron chi connectivity index (χ1n) is 4.82. The monoisotopic (exact) mass is 222 g/mol. The van der Waals surface area contributed by atoms with Crippen LogP contribution < -0.4 is 17.0 Å². The van der Waals surface area contributed by atoms with E-state index >= 15 is 0 Å². The normalized spacial score (nSPS) is 10.9. The predicted octanol–water partition coefficient (Wildman–Crippen LogP) is -0.960. The number of aromatic nitrogens is 2. The van der Waals surface area contributed by atoms with Gasteiger partial charge in [0.2, 0.25) is 0 Å². The van der Waals surface area contributed by atoms with Gasteiger partial charge >= 0.3 is 0 Å². The summed E-state index contributed by atoms with van der Waals surface area (Å²) in [6.07, 6.45) is 4.19. The van der Waals surface area contributed by atoms with E-state index in [1.54, 1.807) is 0 Å². The molecule has 0 radical (unpaired) electrons. The van der Waals surface area contributed by atoms with Crippen LogP contribution >= 0.6 is 0 Å². The Morgan fingerprint density at radius 1 is 1.27 bits per heavy atom. The molecule has 0 aliphatic carbocycles. The van der Waals surface area contributed by atoms with Crippen molar-refractivity contribution < 1.29 is 17.0 Å². The number of benzene rings is 1. The molecule has 0 spiro atoms. The highest BCUT2D eigenvalue weighted by molar-refractivity contribution is 5.73. The predicted molar refractivity (Wildman–Crippen MR) is 58.8 cm³/mol. The lowest BCUT2D eigenvalue weighted by molar-refractivity contribution is -0.647. The van der Waals surface area contributed by atoms with Gasteiger partial charge in [0, 0.05) is 6.08 Å². The summed E-state index contributed by atoms with van der Waals surface area (Å²) in [6, 6.07) is 8.42. The fraction of sp³-hybridized carbons (Fsp3) is 0.250. The Kier molecular flexibility index (Phi) is 3.53. The van der Waals surface area contributed by atoms with Crippen LogP contribution in [-0.2, 0) is 14.1 Å². The fourth-order valence-corrected chi connectivity index (χ4v) is 1.88. The van der Waals surface area contributed by atoms with E-state index in [0.717, 1.165) is 0 Å². The number of allylic oxidation sites excluding steroid dienone is 1. The van der Waals surface area contributed by atoms with Gasteiger partial charge in [0.15, 0.2) is 11.0 Å². The Labute approximate surface area is 96.3 Å². The van der Waals surface area contributed by atoms with E-state index in [4.69, 9.17) is 0 Å². The summed E-state index contributed by atoms with van der Waals surface area (Å²) in [7, 11) is 4.19. The second kappa shape index (κ2) is 4.49. The molecule has 80 valence electrons. The van der Waals surface area contributed by atoms with Gasteiger partial charge in [-0.15, -0.1) is 0 Å². The van der Waals surface area contributed by atoms with Crippen LogP contribution in [0.25, 0.3) is 17.1 Å². The molecule has 0 fully saturated rings. The number of halogens is 1. The van der Waals surface area contributed by atoms with E-state index in [1.807, 2.05) is 6.92 Å². The van der Waals surface area contributed by atoms with Gasteiger partial charge in [-0.1, -0.05) is 18.2 Å². The van der Waals surface area contributed by atoms with Crippen molar-refractivity contribution >= 4 is 17.1 Å². The summed E-state index contributed by atoms with van der Waals surface area (Å²) in [5.41, 5.74) is 2.53. The number of aryl methyl sites for hydroxylation is 2. The maximum absolute atomic E-state index is 2.20. The molecule has 2 nitrogen and oxygen atoms in total. The molecule has 0 saturated carbocycles. The van der Waals surface area contributed by atoms with E-state index in [1.165, 1.54) is 16.9 Å². The van der Waals surface area contributed by atoms with Gasteiger partial charge in [-0.3, -0.25) is 0 Å². The zero-order chi connectivity index (χ0) is 10.1. The molecule has 2 aromatic rings. The molecule has 0 aliphatic rings. The maximum Gasteiger partial charge on any atom is 0.281 e. The van der Waals surface area contributed by atoms with Crippen molar-refractivity contribution in [3.63, 3.8) is 0 Å². The number of hydrogen-bond acceptors (Lipinski definition) is 0. The Morgan fingerprint density at radius 2 is 1.93 bits per heavy atom. The molecule has 2 rings (SSSR count). The molecule has 3 heteroatoms. The van der Waals surface area contributed by atoms with Crippen LogP contribution in [0.4, 0.5) is 0 Å². The fourth-order valence-electron chi connectivity index (χ4n) is 1.88. The van der Waals surface area contributed by atoms with E-state index in [9.17, 15) is 0 Å². The summed E-state index contributed by atoms with van der Waals surface area (Å²) in [4.78, 5) is 0. The first kappa shape index (κ1) is 11.8. The highest BCUT2D eigenvalue weighted by atomic mass is 35.5. The third kappa shape index (κ3) is 1.77. The van der Waals surface area contributed by atoms with Crippen LogP contribution in [0.2, 0.25) is 0 Å². The number of hydrogen-bond donors (Lipinski definition) is 0. The minimum absolute atomic E-state index is 0. The molecule has 1 aromatic heterocycles. The van der Waals surface area contributed by atoms with E-state index < -0.39 is 0 Å². The number of fused-ring (bicyclic) bond motifs is 1. The Balaban J connectivity index is 0.00000112. The smallest absolute Gasteiger partial charge is 0.281 e. The third-order valence-electron chi connectivity index (χ3n) is 2.61. The van der Waals surface area contributed by atoms with Gasteiger partial charge in [-0.25, -0.2) is 9.13 Å². The molecular weight excluding hydrogens is 208 g/mol. The molecule has 15 heavy (non-hydrogen) atoms. The van der Waals surface area contributed by atoms with Crippen LogP contribution in [0.3, 0.4) is 0 Å². The Morgan fingerprint density at radius 3 is 2.53 bits per heavy atom. The second-order valence-electron chi connectivity index (χ2n) is 3.46. The molecule has 0 saturated heterocycles. The first-order valence-corrected chi connectivity index (χ1v) is 4.82. The molecule has 0 amide bonds. The average molecular weight is 223 g/mol. The van der Waals surface area contributed by atoms with Gasteiger partial charge in [0.25, 0.3) is 5.82 Å². The molecule has 1 aromatic carbocycles. The van der Waals surface area contributed by atoms with Crippen LogP contribution in [0.5, 0.6) is 0 Å². The lowest BCUT2D eigenvalue weighted by Gasteiger charge is -1.89. The van der Waals surface area contributed by atoms with Crippen molar-refractivity contribution in [2.24, 2.45) is 14.1 Å². The van der Waals surface area contributed by atoms with Gasteiger partial charge < -0.3 is 12.4 Å². The van der Waals surface area contributed by atoms with Crippen molar-refractivity contribution in [1.82, 2.24) is 4.57 Å². The van der Waals surface area contributed by atoms with Crippen LogP contribution in [-0.4, -0.2) is 4.57 Å². The quantitative estimate of drug-likeness (QED) is 0.550. The summed E-state index contributed by atoms with van der Waals surface area (Å²) < 4.78 is 4.41. The van der Waals surface area contributed by atoms with Crippen molar-refractivity contribution in [3.8, 4) is 0 Å². The van der Waals surface area contributed by atoms with E-state index in [2.05, 4.69) is 59.6 Å². The third-order valence-corrected chi connectivity index (χ3v) is 2.61. The summed E-state index contributed by atoms with van der Waals surface area (Å²) in [6.45, 7) is 2.04. The Bertz CT molecular complexity index is 459. The average Bonchev–Trinajstić information content (AvgIpc) is 2.45. The number of rotatable bonds is 1. The van der Waals surface area contributed by atoms with Gasteiger partial charge in [-0.05, 0) is 19.1 Å². The summed E-state index contributed by atoms with van der Waals surface area (Å²) in [5, 5.41) is 0. The van der Waals surface area contributed by atoms with Crippen molar-refractivity contribution in [2.45, 2.75) is 6.92 Å². The second-order valence-corrected chi connectivity index (χ2v) is 3.46. The van der Waals surface area contributed by atoms with Gasteiger partial charge in [0.05, 0.1) is 14.1 Å². The maximum atomic E-state index is 2.20. The largest absolute Gasteiger partial charge is 1.00 e. The zero-order valence-electron chi connectivity index (χ0n) is 9.24. The summed E-state index contributed by atoms with van der Waals surface area (Å²) in [5.74, 6) is 1.22. The lowest BCUT2D eigenvalue weighted by atomic mass is 10.3. The minimum Gasteiger partial charge on any atom is -1.00 e. The number of para-hydroxylation sites is 2.